The van der Waals surface area contributed by atoms with Gasteiger partial charge in [-0.15, -0.1) is 0 Å². The Morgan fingerprint density at radius 2 is 2.20 bits per heavy atom. The second-order valence-electron chi connectivity index (χ2n) is 5.89. The Bertz CT molecular complexity index is 827. The van der Waals surface area contributed by atoms with Crippen molar-refractivity contribution < 1.29 is 9.53 Å². The lowest BCUT2D eigenvalue weighted by Gasteiger charge is -2.15. The third kappa shape index (κ3) is 3.85. The summed E-state index contributed by atoms with van der Waals surface area (Å²) in [5.74, 6) is 0.114. The molecule has 1 aromatic carbocycles. The summed E-state index contributed by atoms with van der Waals surface area (Å²) in [7, 11) is 1.48. The highest BCUT2D eigenvalue weighted by Crippen LogP contribution is 2.31. The molecule has 1 saturated carbocycles. The lowest BCUT2D eigenvalue weighted by molar-refractivity contribution is 0.0948. The molecule has 1 amide bonds. The molecule has 0 unspecified atom stereocenters. The Morgan fingerprint density at radius 3 is 2.84 bits per heavy atom. The van der Waals surface area contributed by atoms with Crippen LogP contribution in [0.2, 0.25) is 0 Å². The fourth-order valence-electron chi connectivity index (χ4n) is 2.49. The normalized spacial score (nSPS) is 13.6. The van der Waals surface area contributed by atoms with Gasteiger partial charge in [0.25, 0.3) is 5.91 Å². The molecule has 0 radical (unpaired) electrons. The number of ether oxygens (including phenoxy) is 1. The van der Waals surface area contributed by atoms with E-state index in [1.165, 1.54) is 7.11 Å². The van der Waals surface area contributed by atoms with Crippen molar-refractivity contribution in [1.82, 2.24) is 10.3 Å². The van der Waals surface area contributed by atoms with Gasteiger partial charge >= 0.3 is 0 Å². The van der Waals surface area contributed by atoms with E-state index in [1.807, 2.05) is 12.1 Å². The molecule has 0 atom stereocenters. The molecular weight excluding hydrogens is 316 g/mol. The predicted molar refractivity (Wildman–Crippen MR) is 98.0 cm³/mol. The van der Waals surface area contributed by atoms with Gasteiger partial charge in [0.15, 0.2) is 0 Å². The molecule has 0 aliphatic heterocycles. The molecule has 2 aromatic rings. The van der Waals surface area contributed by atoms with Crippen molar-refractivity contribution >= 4 is 23.4 Å². The molecule has 1 aliphatic carbocycles. The second-order valence-corrected chi connectivity index (χ2v) is 5.89. The number of nitrogen functional groups attached to an aromatic ring is 1. The number of carbonyl (C=O) groups excluding carboxylic acids is 1. The van der Waals surface area contributed by atoms with Crippen LogP contribution in [0.3, 0.4) is 0 Å². The highest BCUT2D eigenvalue weighted by atomic mass is 16.5. The number of nitrogens with two attached hydrogens (primary N) is 1. The SMILES string of the molecule is COc1c(C(=O)NC2CC2)ccc(N)c1C(=N)/C=C/c1cccnc1. The topological polar surface area (TPSA) is 101 Å². The number of anilines is 1. The summed E-state index contributed by atoms with van der Waals surface area (Å²) in [5, 5.41) is 11.3. The molecule has 1 heterocycles. The van der Waals surface area contributed by atoms with Gasteiger partial charge in [-0.2, -0.15) is 0 Å². The number of nitrogens with zero attached hydrogens (tertiary/aromatic N) is 1. The van der Waals surface area contributed by atoms with Crippen molar-refractivity contribution in [2.24, 2.45) is 0 Å². The van der Waals surface area contributed by atoms with Crippen LogP contribution in [0.25, 0.3) is 6.08 Å². The Morgan fingerprint density at radius 1 is 1.40 bits per heavy atom. The van der Waals surface area contributed by atoms with Crippen LogP contribution in [0.1, 0.15) is 34.3 Å². The highest BCUT2D eigenvalue weighted by molar-refractivity contribution is 6.15. The van der Waals surface area contributed by atoms with Gasteiger partial charge in [-0.3, -0.25) is 9.78 Å². The minimum Gasteiger partial charge on any atom is -0.495 e. The first kappa shape index (κ1) is 16.7. The van der Waals surface area contributed by atoms with Crippen molar-refractivity contribution in [2.75, 3.05) is 12.8 Å². The van der Waals surface area contributed by atoms with Gasteiger partial charge in [0.05, 0.1) is 23.9 Å². The zero-order chi connectivity index (χ0) is 17.8. The average molecular weight is 336 g/mol. The number of carbonyl (C=O) groups is 1. The summed E-state index contributed by atoms with van der Waals surface area (Å²) in [4.78, 5) is 16.4. The lowest BCUT2D eigenvalue weighted by atomic mass is 10.0. The first-order chi connectivity index (χ1) is 12.1. The predicted octanol–water partition coefficient (Wildman–Crippen LogP) is 2.65. The van der Waals surface area contributed by atoms with Gasteiger partial charge in [-0.1, -0.05) is 12.1 Å². The van der Waals surface area contributed by atoms with Gasteiger partial charge in [-0.05, 0) is 42.7 Å². The Kier molecular flexibility index (Phi) is 4.79. The maximum Gasteiger partial charge on any atom is 0.255 e. The molecule has 1 aromatic heterocycles. The van der Waals surface area contributed by atoms with Gasteiger partial charge in [0, 0.05) is 24.1 Å². The fourth-order valence-corrected chi connectivity index (χ4v) is 2.49. The second kappa shape index (κ2) is 7.17. The lowest BCUT2D eigenvalue weighted by Crippen LogP contribution is -2.26. The Balaban J connectivity index is 1.92. The van der Waals surface area contributed by atoms with Crippen LogP contribution in [0.4, 0.5) is 5.69 Å². The monoisotopic (exact) mass is 336 g/mol. The molecule has 0 saturated heterocycles. The number of nitrogens with one attached hydrogen (secondary N) is 2. The first-order valence-corrected chi connectivity index (χ1v) is 8.04. The molecular formula is C19H20N4O2. The van der Waals surface area contributed by atoms with Crippen molar-refractivity contribution in [3.8, 4) is 5.75 Å². The van der Waals surface area contributed by atoms with Crippen molar-refractivity contribution in [3.63, 3.8) is 0 Å². The van der Waals surface area contributed by atoms with E-state index in [9.17, 15) is 4.79 Å². The van der Waals surface area contributed by atoms with Crippen LogP contribution in [-0.2, 0) is 0 Å². The molecule has 1 aliphatic rings. The molecule has 6 heteroatoms. The van der Waals surface area contributed by atoms with Gasteiger partial charge < -0.3 is 21.2 Å². The van der Waals surface area contributed by atoms with E-state index in [0.29, 0.717) is 22.6 Å². The number of aromatic nitrogens is 1. The highest BCUT2D eigenvalue weighted by Gasteiger charge is 2.26. The van der Waals surface area contributed by atoms with Crippen molar-refractivity contribution in [3.05, 3.63) is 59.4 Å². The largest absolute Gasteiger partial charge is 0.495 e. The minimum atomic E-state index is -0.204. The van der Waals surface area contributed by atoms with Crippen LogP contribution in [0.5, 0.6) is 5.75 Å². The third-order valence-corrected chi connectivity index (χ3v) is 3.95. The van der Waals surface area contributed by atoms with Crippen LogP contribution in [0, 0.1) is 5.41 Å². The van der Waals surface area contributed by atoms with Crippen LogP contribution in [-0.4, -0.2) is 29.8 Å². The standard InChI is InChI=1S/C19H20N4O2/c1-25-18-14(19(24)23-13-5-6-13)7-9-16(21)17(18)15(20)8-4-12-3-2-10-22-11-12/h2-4,7-11,13,20H,5-6,21H2,1H3,(H,23,24)/b8-4+,20-15?. The third-order valence-electron chi connectivity index (χ3n) is 3.95. The Hall–Kier alpha value is -3.15. The molecule has 4 N–H and O–H groups in total. The quantitative estimate of drug-likeness (QED) is 0.557. The fraction of sp³-hybridized carbons (Fsp3) is 0.211. The summed E-state index contributed by atoms with van der Waals surface area (Å²) in [6.07, 6.45) is 8.77. The number of hydrogen-bond acceptors (Lipinski definition) is 5. The minimum absolute atomic E-state index is 0.166. The van der Waals surface area contributed by atoms with E-state index >= 15 is 0 Å². The van der Waals surface area contributed by atoms with Gasteiger partial charge in [0.2, 0.25) is 0 Å². The number of allylic oxidation sites excluding steroid dienone is 1. The number of rotatable bonds is 6. The summed E-state index contributed by atoms with van der Waals surface area (Å²) >= 11 is 0. The smallest absolute Gasteiger partial charge is 0.255 e. The zero-order valence-electron chi connectivity index (χ0n) is 14.0. The van der Waals surface area contributed by atoms with E-state index < -0.39 is 0 Å². The Labute approximate surface area is 146 Å². The first-order valence-electron chi connectivity index (χ1n) is 8.04. The molecule has 3 rings (SSSR count). The number of pyridine rings is 1. The molecule has 25 heavy (non-hydrogen) atoms. The summed E-state index contributed by atoms with van der Waals surface area (Å²) in [6, 6.07) is 7.21. The maximum absolute atomic E-state index is 12.4. The van der Waals surface area contributed by atoms with Crippen molar-refractivity contribution in [1.29, 1.82) is 5.41 Å². The van der Waals surface area contributed by atoms with E-state index in [4.69, 9.17) is 15.9 Å². The summed E-state index contributed by atoms with van der Waals surface area (Å²) in [6.45, 7) is 0. The van der Waals surface area contributed by atoms with E-state index in [-0.39, 0.29) is 17.7 Å². The number of benzene rings is 1. The van der Waals surface area contributed by atoms with Crippen molar-refractivity contribution in [2.45, 2.75) is 18.9 Å². The maximum atomic E-state index is 12.4. The van der Waals surface area contributed by atoms with Gasteiger partial charge in [-0.25, -0.2) is 0 Å². The average Bonchev–Trinajstić information content (AvgIpc) is 3.44. The molecule has 0 bridgehead atoms. The number of amides is 1. The molecule has 128 valence electrons. The molecule has 0 spiro atoms. The number of methoxy groups -OCH3 is 1. The van der Waals surface area contributed by atoms with Crippen LogP contribution >= 0.6 is 0 Å². The van der Waals surface area contributed by atoms with E-state index in [2.05, 4.69) is 10.3 Å². The molecule has 6 nitrogen and oxygen atoms in total. The molecule has 1 fully saturated rings. The van der Waals surface area contributed by atoms with Crippen LogP contribution in [0.15, 0.2) is 42.7 Å². The van der Waals surface area contributed by atoms with E-state index in [1.54, 1.807) is 36.7 Å². The zero-order valence-corrected chi connectivity index (χ0v) is 14.0. The summed E-state index contributed by atoms with van der Waals surface area (Å²) < 4.78 is 5.43. The van der Waals surface area contributed by atoms with Gasteiger partial charge in [0.1, 0.15) is 5.75 Å². The summed E-state index contributed by atoms with van der Waals surface area (Å²) in [5.41, 5.74) is 8.27. The van der Waals surface area contributed by atoms with Crippen LogP contribution < -0.4 is 15.8 Å². The number of hydrogen-bond donors (Lipinski definition) is 3. The van der Waals surface area contributed by atoms with E-state index in [0.717, 1.165) is 18.4 Å².